The summed E-state index contributed by atoms with van der Waals surface area (Å²) in [4.78, 5) is 13.1. The maximum Gasteiger partial charge on any atom is 0.320 e. The van der Waals surface area contributed by atoms with E-state index in [4.69, 9.17) is 10.8 Å². The second-order valence-corrected chi connectivity index (χ2v) is 5.14. The highest BCUT2D eigenvalue weighted by Gasteiger charge is 2.21. The normalized spacial score (nSPS) is 22.0. The number of aliphatic carboxylic acids is 1. The summed E-state index contributed by atoms with van der Waals surface area (Å²) in [6.45, 7) is 2.21. The summed E-state index contributed by atoms with van der Waals surface area (Å²) >= 11 is 0. The number of hydrogen-bond donors (Lipinski definition) is 2. The van der Waals surface area contributed by atoms with Gasteiger partial charge in [-0.05, 0) is 43.5 Å². The molecule has 0 aliphatic carbocycles. The van der Waals surface area contributed by atoms with Crippen molar-refractivity contribution in [3.63, 3.8) is 0 Å². The Hall–Kier alpha value is -1.39. The molecule has 0 amide bonds. The van der Waals surface area contributed by atoms with Crippen LogP contribution in [0.15, 0.2) is 24.3 Å². The van der Waals surface area contributed by atoms with Gasteiger partial charge in [0.2, 0.25) is 0 Å². The summed E-state index contributed by atoms with van der Waals surface area (Å²) in [6.07, 6.45) is 1.57. The fourth-order valence-electron chi connectivity index (χ4n) is 2.52. The van der Waals surface area contributed by atoms with Crippen molar-refractivity contribution in [3.8, 4) is 0 Å². The molecule has 4 heteroatoms. The second-order valence-electron chi connectivity index (χ2n) is 5.14. The molecule has 0 radical (unpaired) electrons. The van der Waals surface area contributed by atoms with Gasteiger partial charge in [0.15, 0.2) is 0 Å². The van der Waals surface area contributed by atoms with E-state index in [0.29, 0.717) is 12.3 Å². The molecule has 4 nitrogen and oxygen atoms in total. The van der Waals surface area contributed by atoms with E-state index >= 15 is 0 Å². The number of carboxylic acid groups (broad SMARTS) is 1. The van der Waals surface area contributed by atoms with Gasteiger partial charge in [0.05, 0.1) is 0 Å². The van der Waals surface area contributed by atoms with Crippen molar-refractivity contribution in [1.29, 1.82) is 0 Å². The van der Waals surface area contributed by atoms with Gasteiger partial charge in [0.25, 0.3) is 0 Å². The maximum absolute atomic E-state index is 10.8. The third-order valence-corrected chi connectivity index (χ3v) is 3.59. The van der Waals surface area contributed by atoms with Crippen LogP contribution in [0.5, 0.6) is 0 Å². The van der Waals surface area contributed by atoms with Crippen molar-refractivity contribution >= 4 is 5.97 Å². The fourth-order valence-corrected chi connectivity index (χ4v) is 2.52. The van der Waals surface area contributed by atoms with Crippen molar-refractivity contribution in [2.24, 2.45) is 5.73 Å². The summed E-state index contributed by atoms with van der Waals surface area (Å²) < 4.78 is 0. The zero-order valence-corrected chi connectivity index (χ0v) is 10.7. The molecule has 2 unspecified atom stereocenters. The average Bonchev–Trinajstić information content (AvgIpc) is 2.76. The first-order valence-electron chi connectivity index (χ1n) is 6.32. The highest BCUT2D eigenvalue weighted by atomic mass is 16.4. The van der Waals surface area contributed by atoms with Gasteiger partial charge in [0, 0.05) is 6.54 Å². The van der Waals surface area contributed by atoms with Crippen molar-refractivity contribution in [2.45, 2.75) is 24.8 Å². The first kappa shape index (κ1) is 13.1. The molecule has 2 rings (SSSR count). The molecule has 1 heterocycles. The summed E-state index contributed by atoms with van der Waals surface area (Å²) in [6, 6.07) is 7.36. The standard InChI is InChI=1S/C14H20N2O2/c1-16-6-5-12(9-16)11-4-2-3-10(7-11)8-13(15)14(17)18/h2-4,7,12-13H,5-6,8-9,15H2,1H3,(H,17,18). The van der Waals surface area contributed by atoms with Gasteiger partial charge in [-0.1, -0.05) is 24.3 Å². The van der Waals surface area contributed by atoms with Gasteiger partial charge in [-0.25, -0.2) is 0 Å². The van der Waals surface area contributed by atoms with Crippen molar-refractivity contribution in [1.82, 2.24) is 4.90 Å². The lowest BCUT2D eigenvalue weighted by Gasteiger charge is -2.13. The topological polar surface area (TPSA) is 66.6 Å². The highest BCUT2D eigenvalue weighted by Crippen LogP contribution is 2.26. The Labute approximate surface area is 107 Å². The summed E-state index contributed by atoms with van der Waals surface area (Å²) in [5, 5.41) is 8.83. The van der Waals surface area contributed by atoms with Gasteiger partial charge in [-0.2, -0.15) is 0 Å². The number of hydrogen-bond acceptors (Lipinski definition) is 3. The van der Waals surface area contributed by atoms with Crippen LogP contribution < -0.4 is 5.73 Å². The lowest BCUT2D eigenvalue weighted by atomic mass is 9.95. The molecule has 1 aliphatic rings. The third-order valence-electron chi connectivity index (χ3n) is 3.59. The highest BCUT2D eigenvalue weighted by molar-refractivity contribution is 5.73. The van der Waals surface area contributed by atoms with E-state index in [1.165, 1.54) is 12.0 Å². The lowest BCUT2D eigenvalue weighted by molar-refractivity contribution is -0.138. The van der Waals surface area contributed by atoms with E-state index in [2.05, 4.69) is 24.1 Å². The first-order valence-corrected chi connectivity index (χ1v) is 6.32. The molecule has 0 bridgehead atoms. The number of nitrogens with zero attached hydrogens (tertiary/aromatic N) is 1. The van der Waals surface area contributed by atoms with Crippen molar-refractivity contribution in [2.75, 3.05) is 20.1 Å². The van der Waals surface area contributed by atoms with E-state index in [0.717, 1.165) is 18.7 Å². The molecule has 0 saturated carbocycles. The summed E-state index contributed by atoms with van der Waals surface area (Å²) in [5.74, 6) is -0.378. The van der Waals surface area contributed by atoms with E-state index in [1.54, 1.807) is 0 Å². The van der Waals surface area contributed by atoms with Gasteiger partial charge >= 0.3 is 5.97 Å². The van der Waals surface area contributed by atoms with E-state index < -0.39 is 12.0 Å². The molecule has 1 saturated heterocycles. The van der Waals surface area contributed by atoms with Gasteiger partial charge in [-0.15, -0.1) is 0 Å². The van der Waals surface area contributed by atoms with Crippen LogP contribution >= 0.6 is 0 Å². The Kier molecular flexibility index (Phi) is 3.99. The summed E-state index contributed by atoms with van der Waals surface area (Å²) in [5.41, 5.74) is 7.88. The molecule has 2 atom stereocenters. The molecule has 98 valence electrons. The molecule has 1 fully saturated rings. The number of likely N-dealkylation sites (tertiary alicyclic amines) is 1. The predicted octanol–water partition coefficient (Wildman–Crippen LogP) is 1.06. The second kappa shape index (κ2) is 5.50. The van der Waals surface area contributed by atoms with Crippen LogP contribution in [-0.2, 0) is 11.2 Å². The van der Waals surface area contributed by atoms with Crippen LogP contribution in [0.25, 0.3) is 0 Å². The zero-order valence-electron chi connectivity index (χ0n) is 10.7. The van der Waals surface area contributed by atoms with Gasteiger partial charge in [-0.3, -0.25) is 4.79 Å². The number of benzene rings is 1. The number of likely N-dealkylation sites (N-methyl/N-ethyl adjacent to an activating group) is 1. The van der Waals surface area contributed by atoms with E-state index in [9.17, 15) is 4.79 Å². The van der Waals surface area contributed by atoms with Gasteiger partial charge in [0.1, 0.15) is 6.04 Å². The molecule has 18 heavy (non-hydrogen) atoms. The Balaban J connectivity index is 2.08. The van der Waals surface area contributed by atoms with E-state index in [1.807, 2.05) is 12.1 Å². The number of rotatable bonds is 4. The smallest absolute Gasteiger partial charge is 0.320 e. The monoisotopic (exact) mass is 248 g/mol. The molecule has 3 N–H and O–H groups in total. The van der Waals surface area contributed by atoms with Crippen molar-refractivity contribution in [3.05, 3.63) is 35.4 Å². The van der Waals surface area contributed by atoms with Crippen LogP contribution in [0.1, 0.15) is 23.5 Å². The Bertz CT molecular complexity index is 434. The van der Waals surface area contributed by atoms with Crippen LogP contribution in [-0.4, -0.2) is 42.2 Å². The maximum atomic E-state index is 10.8. The molecular formula is C14H20N2O2. The van der Waals surface area contributed by atoms with E-state index in [-0.39, 0.29) is 0 Å². The molecule has 1 aromatic rings. The Morgan fingerprint density at radius 2 is 2.39 bits per heavy atom. The minimum Gasteiger partial charge on any atom is -0.480 e. The van der Waals surface area contributed by atoms with Crippen LogP contribution in [0, 0.1) is 0 Å². The van der Waals surface area contributed by atoms with Crippen LogP contribution in [0.4, 0.5) is 0 Å². The largest absolute Gasteiger partial charge is 0.480 e. The zero-order chi connectivity index (χ0) is 13.1. The molecule has 0 spiro atoms. The SMILES string of the molecule is CN1CCC(c2cccc(CC(N)C(=O)O)c2)C1. The Morgan fingerprint density at radius 3 is 3.00 bits per heavy atom. The van der Waals surface area contributed by atoms with Crippen molar-refractivity contribution < 1.29 is 9.90 Å². The number of carbonyl (C=O) groups is 1. The summed E-state index contributed by atoms with van der Waals surface area (Å²) in [7, 11) is 2.13. The quantitative estimate of drug-likeness (QED) is 0.836. The lowest BCUT2D eigenvalue weighted by Crippen LogP contribution is -2.32. The molecular weight excluding hydrogens is 228 g/mol. The third kappa shape index (κ3) is 3.09. The minimum absolute atomic E-state index is 0.395. The molecule has 0 aromatic heterocycles. The predicted molar refractivity (Wildman–Crippen MR) is 70.6 cm³/mol. The fraction of sp³-hybridized carbons (Fsp3) is 0.500. The molecule has 1 aromatic carbocycles. The van der Waals surface area contributed by atoms with Gasteiger partial charge < -0.3 is 15.7 Å². The number of nitrogens with two attached hydrogens (primary N) is 1. The minimum atomic E-state index is -0.944. The first-order chi connectivity index (χ1) is 8.56. The average molecular weight is 248 g/mol. The van der Waals surface area contributed by atoms with Crippen LogP contribution in [0.2, 0.25) is 0 Å². The van der Waals surface area contributed by atoms with Crippen LogP contribution in [0.3, 0.4) is 0 Å². The molecule has 1 aliphatic heterocycles. The number of carboxylic acids is 1. The Morgan fingerprint density at radius 1 is 1.61 bits per heavy atom.